The van der Waals surface area contributed by atoms with E-state index in [0.717, 1.165) is 22.7 Å². The molecule has 0 saturated heterocycles. The van der Waals surface area contributed by atoms with Crippen molar-refractivity contribution >= 4 is 21.4 Å². The number of rotatable bonds is 7. The summed E-state index contributed by atoms with van der Waals surface area (Å²) in [6.07, 6.45) is 1.66. The van der Waals surface area contributed by atoms with Crippen molar-refractivity contribution in [3.63, 3.8) is 0 Å². The van der Waals surface area contributed by atoms with Crippen molar-refractivity contribution in [3.05, 3.63) is 45.9 Å². The molecule has 2 rings (SSSR count). The van der Waals surface area contributed by atoms with Crippen molar-refractivity contribution in [1.29, 1.82) is 0 Å². The monoisotopic (exact) mass is 325 g/mol. The highest BCUT2D eigenvalue weighted by Crippen LogP contribution is 2.19. The average molecular weight is 325 g/mol. The molecule has 114 valence electrons. The summed E-state index contributed by atoms with van der Waals surface area (Å²) in [5, 5.41) is 5.79. The molecule has 2 N–H and O–H groups in total. The van der Waals surface area contributed by atoms with Crippen LogP contribution >= 0.6 is 11.3 Å². The van der Waals surface area contributed by atoms with Crippen LogP contribution in [0.4, 0.5) is 0 Å². The number of thiazole rings is 1. The maximum atomic E-state index is 12.4. The van der Waals surface area contributed by atoms with E-state index < -0.39 is 10.0 Å². The fourth-order valence-corrected chi connectivity index (χ4v) is 3.90. The molecule has 0 spiro atoms. The molecule has 0 aliphatic heterocycles. The van der Waals surface area contributed by atoms with Crippen molar-refractivity contribution in [2.45, 2.75) is 31.8 Å². The van der Waals surface area contributed by atoms with Gasteiger partial charge in [-0.15, -0.1) is 11.3 Å². The molecule has 0 saturated carbocycles. The molecule has 1 aromatic carbocycles. The molecule has 0 fully saturated rings. The van der Waals surface area contributed by atoms with E-state index in [1.54, 1.807) is 18.3 Å². The number of aromatic nitrogens is 1. The molecular formula is C14H19N3O2S2. The van der Waals surface area contributed by atoms with Crippen LogP contribution in [0.15, 0.2) is 34.7 Å². The zero-order valence-electron chi connectivity index (χ0n) is 12.1. The fourth-order valence-electron chi connectivity index (χ4n) is 1.98. The Kier molecular flexibility index (Phi) is 5.46. The van der Waals surface area contributed by atoms with Crippen molar-refractivity contribution in [3.8, 4) is 0 Å². The van der Waals surface area contributed by atoms with E-state index >= 15 is 0 Å². The predicted octanol–water partition coefficient (Wildman–Crippen LogP) is 2.04. The summed E-state index contributed by atoms with van der Waals surface area (Å²) in [6.45, 7) is 5.59. The van der Waals surface area contributed by atoms with E-state index in [-0.39, 0.29) is 6.54 Å². The van der Waals surface area contributed by atoms with E-state index in [9.17, 15) is 8.42 Å². The van der Waals surface area contributed by atoms with Gasteiger partial charge in [0.25, 0.3) is 0 Å². The Morgan fingerprint density at radius 3 is 2.76 bits per heavy atom. The molecule has 0 aliphatic rings. The number of benzene rings is 1. The van der Waals surface area contributed by atoms with Crippen molar-refractivity contribution in [2.24, 2.45) is 0 Å². The Bertz CT molecular complexity index is 682. The van der Waals surface area contributed by atoms with Gasteiger partial charge in [0.15, 0.2) is 0 Å². The van der Waals surface area contributed by atoms with Gasteiger partial charge in [0.2, 0.25) is 10.0 Å². The van der Waals surface area contributed by atoms with Crippen LogP contribution in [0.25, 0.3) is 0 Å². The number of nitrogens with one attached hydrogen (secondary N) is 2. The van der Waals surface area contributed by atoms with Gasteiger partial charge in [0.05, 0.1) is 11.4 Å². The zero-order valence-corrected chi connectivity index (χ0v) is 13.7. The maximum absolute atomic E-state index is 12.4. The molecule has 0 amide bonds. The third-order valence-electron chi connectivity index (χ3n) is 3.15. The summed E-state index contributed by atoms with van der Waals surface area (Å²) in [7, 11) is -3.53. The third-order valence-corrected chi connectivity index (χ3v) is 5.47. The lowest BCUT2D eigenvalue weighted by molar-refractivity contribution is 0.580. The molecule has 0 unspecified atom stereocenters. The Labute approximate surface area is 129 Å². The topological polar surface area (TPSA) is 71.1 Å². The predicted molar refractivity (Wildman–Crippen MR) is 84.7 cm³/mol. The lowest BCUT2D eigenvalue weighted by atomic mass is 10.1. The fraction of sp³-hybridized carbons (Fsp3) is 0.357. The van der Waals surface area contributed by atoms with E-state index in [0.29, 0.717) is 11.4 Å². The Morgan fingerprint density at radius 2 is 2.10 bits per heavy atom. The quantitative estimate of drug-likeness (QED) is 0.817. The van der Waals surface area contributed by atoms with Crippen LogP contribution in [-0.4, -0.2) is 19.9 Å². The third kappa shape index (κ3) is 4.10. The van der Waals surface area contributed by atoms with Gasteiger partial charge in [-0.25, -0.2) is 18.1 Å². The van der Waals surface area contributed by atoms with Crippen molar-refractivity contribution in [1.82, 2.24) is 15.0 Å². The minimum Gasteiger partial charge on any atom is -0.313 e. The highest BCUT2D eigenvalue weighted by Gasteiger charge is 2.18. The van der Waals surface area contributed by atoms with Gasteiger partial charge < -0.3 is 5.32 Å². The molecule has 5 nitrogen and oxygen atoms in total. The first kappa shape index (κ1) is 16.1. The maximum Gasteiger partial charge on any atom is 0.241 e. The van der Waals surface area contributed by atoms with Crippen molar-refractivity contribution < 1.29 is 8.42 Å². The average Bonchev–Trinajstić information content (AvgIpc) is 2.97. The van der Waals surface area contributed by atoms with Crippen LogP contribution in [0.5, 0.6) is 0 Å². The second-order valence-electron chi connectivity index (χ2n) is 4.57. The highest BCUT2D eigenvalue weighted by atomic mass is 32.2. The van der Waals surface area contributed by atoms with Crippen LogP contribution in [0.3, 0.4) is 0 Å². The van der Waals surface area contributed by atoms with E-state index in [2.05, 4.69) is 15.0 Å². The largest absolute Gasteiger partial charge is 0.313 e. The molecule has 1 heterocycles. The number of hydrogen-bond acceptors (Lipinski definition) is 5. The minimum absolute atomic E-state index is 0.219. The van der Waals surface area contributed by atoms with E-state index in [4.69, 9.17) is 0 Å². The normalized spacial score (nSPS) is 11.7. The van der Waals surface area contributed by atoms with Gasteiger partial charge in [0, 0.05) is 18.1 Å². The molecule has 7 heteroatoms. The van der Waals surface area contributed by atoms with Crippen LogP contribution in [0, 0.1) is 6.92 Å². The summed E-state index contributed by atoms with van der Waals surface area (Å²) in [6, 6.07) is 5.35. The van der Waals surface area contributed by atoms with E-state index in [1.165, 1.54) is 11.3 Å². The number of nitrogens with zero attached hydrogens (tertiary/aromatic N) is 1. The van der Waals surface area contributed by atoms with Gasteiger partial charge in [0.1, 0.15) is 5.01 Å². The summed E-state index contributed by atoms with van der Waals surface area (Å²) in [5.74, 6) is 0. The first-order valence-corrected chi connectivity index (χ1v) is 9.08. The first-order valence-electron chi connectivity index (χ1n) is 6.72. The van der Waals surface area contributed by atoms with Gasteiger partial charge >= 0.3 is 0 Å². The molecule has 0 atom stereocenters. The number of hydrogen-bond donors (Lipinski definition) is 2. The second-order valence-corrected chi connectivity index (χ2v) is 7.29. The number of sulfonamides is 1. The van der Waals surface area contributed by atoms with Crippen LogP contribution < -0.4 is 10.0 Å². The van der Waals surface area contributed by atoms with Crippen LogP contribution in [-0.2, 0) is 23.1 Å². The second kappa shape index (κ2) is 7.13. The van der Waals surface area contributed by atoms with E-state index in [1.807, 2.05) is 25.3 Å². The summed E-state index contributed by atoms with van der Waals surface area (Å²) >= 11 is 1.43. The van der Waals surface area contributed by atoms with Crippen LogP contribution in [0.1, 0.15) is 23.1 Å². The minimum atomic E-state index is -3.53. The van der Waals surface area contributed by atoms with Crippen molar-refractivity contribution in [2.75, 3.05) is 6.54 Å². The van der Waals surface area contributed by atoms with Gasteiger partial charge in [-0.05, 0) is 30.7 Å². The summed E-state index contributed by atoms with van der Waals surface area (Å²) < 4.78 is 27.4. The molecule has 0 aliphatic carbocycles. The molecule has 2 aromatic rings. The molecule has 0 radical (unpaired) electrons. The first-order chi connectivity index (χ1) is 10.0. The summed E-state index contributed by atoms with van der Waals surface area (Å²) in [4.78, 5) is 4.40. The molecule has 21 heavy (non-hydrogen) atoms. The smallest absolute Gasteiger partial charge is 0.241 e. The lowest BCUT2D eigenvalue weighted by Gasteiger charge is -2.12. The van der Waals surface area contributed by atoms with Gasteiger partial charge in [-0.3, -0.25) is 0 Å². The van der Waals surface area contributed by atoms with Gasteiger partial charge in [-0.1, -0.05) is 19.1 Å². The Hall–Kier alpha value is -1.28. The zero-order chi connectivity index (χ0) is 15.3. The molecular weight excluding hydrogens is 306 g/mol. The summed E-state index contributed by atoms with van der Waals surface area (Å²) in [5.41, 5.74) is 1.78. The standard InChI is InChI=1S/C14H19N3O2S2/c1-3-15-9-12-5-4-6-13(11(12)2)21(18,19)17-10-14-16-7-8-20-14/h4-8,15,17H,3,9-10H2,1-2H3. The van der Waals surface area contributed by atoms with Crippen LogP contribution in [0.2, 0.25) is 0 Å². The molecule has 0 bridgehead atoms. The van der Waals surface area contributed by atoms with Gasteiger partial charge in [-0.2, -0.15) is 0 Å². The Morgan fingerprint density at radius 1 is 1.29 bits per heavy atom. The Balaban J connectivity index is 2.19. The SMILES string of the molecule is CCNCc1cccc(S(=O)(=O)NCc2nccs2)c1C. The molecule has 1 aromatic heterocycles. The lowest BCUT2D eigenvalue weighted by Crippen LogP contribution is -2.24. The highest BCUT2D eigenvalue weighted by molar-refractivity contribution is 7.89.